The summed E-state index contributed by atoms with van der Waals surface area (Å²) in [5, 5.41) is 2.89. The first-order valence-electron chi connectivity index (χ1n) is 7.22. The number of sulfonamides is 1. The van der Waals surface area contributed by atoms with Crippen molar-refractivity contribution in [3.05, 3.63) is 18.3 Å². The molecule has 1 aromatic heterocycles. The second kappa shape index (κ2) is 6.54. The fourth-order valence-corrected chi connectivity index (χ4v) is 4.09. The van der Waals surface area contributed by atoms with Crippen molar-refractivity contribution in [2.24, 2.45) is 5.92 Å². The molecule has 20 heavy (non-hydrogen) atoms. The van der Waals surface area contributed by atoms with Crippen molar-refractivity contribution in [1.29, 1.82) is 0 Å². The number of nitrogens with zero attached hydrogens (tertiary/aromatic N) is 2. The Balaban J connectivity index is 2.07. The predicted molar refractivity (Wildman–Crippen MR) is 80.2 cm³/mol. The molecule has 1 N–H and O–H groups in total. The molecule has 0 radical (unpaired) electrons. The molecule has 0 unspecified atom stereocenters. The summed E-state index contributed by atoms with van der Waals surface area (Å²) in [6.07, 6.45) is 5.74. The third-order valence-corrected chi connectivity index (χ3v) is 5.78. The molecule has 0 bridgehead atoms. The second-order valence-electron chi connectivity index (χ2n) is 5.27. The summed E-state index contributed by atoms with van der Waals surface area (Å²) >= 11 is 0. The lowest BCUT2D eigenvalue weighted by atomic mass is 9.94. The van der Waals surface area contributed by atoms with E-state index in [-0.39, 0.29) is 4.90 Å². The number of hydrogen-bond donors (Lipinski definition) is 1. The van der Waals surface area contributed by atoms with Crippen LogP contribution in [-0.4, -0.2) is 37.8 Å². The first kappa shape index (κ1) is 15.3. The Kier molecular flexibility index (Phi) is 4.99. The third kappa shape index (κ3) is 3.30. The van der Waals surface area contributed by atoms with Gasteiger partial charge in [0.25, 0.3) is 0 Å². The maximum atomic E-state index is 12.5. The first-order chi connectivity index (χ1) is 9.57. The van der Waals surface area contributed by atoms with Gasteiger partial charge in [0.1, 0.15) is 10.7 Å². The number of piperidine rings is 1. The van der Waals surface area contributed by atoms with Gasteiger partial charge in [-0.15, -0.1) is 0 Å². The van der Waals surface area contributed by atoms with Crippen LogP contribution in [0.25, 0.3) is 0 Å². The summed E-state index contributed by atoms with van der Waals surface area (Å²) in [5.74, 6) is 1.35. The Hall–Kier alpha value is -1.14. The highest BCUT2D eigenvalue weighted by Gasteiger charge is 2.29. The van der Waals surface area contributed by atoms with Gasteiger partial charge in [-0.1, -0.05) is 19.8 Å². The van der Waals surface area contributed by atoms with E-state index in [0.29, 0.717) is 24.8 Å². The van der Waals surface area contributed by atoms with E-state index in [9.17, 15) is 8.42 Å². The van der Waals surface area contributed by atoms with Gasteiger partial charge < -0.3 is 5.32 Å². The van der Waals surface area contributed by atoms with Crippen molar-refractivity contribution in [1.82, 2.24) is 9.29 Å². The predicted octanol–water partition coefficient (Wildman–Crippen LogP) is 2.32. The van der Waals surface area contributed by atoms with Crippen LogP contribution in [-0.2, 0) is 10.0 Å². The Bertz CT molecular complexity index is 520. The Morgan fingerprint density at radius 1 is 1.35 bits per heavy atom. The van der Waals surface area contributed by atoms with Crippen molar-refractivity contribution < 1.29 is 8.42 Å². The molecule has 0 aliphatic carbocycles. The van der Waals surface area contributed by atoms with Crippen LogP contribution >= 0.6 is 0 Å². The van der Waals surface area contributed by atoms with E-state index in [1.165, 1.54) is 19.0 Å². The number of anilines is 1. The quantitative estimate of drug-likeness (QED) is 0.906. The third-order valence-electron chi connectivity index (χ3n) is 3.90. The zero-order valence-corrected chi connectivity index (χ0v) is 13.0. The molecular weight excluding hydrogens is 274 g/mol. The summed E-state index contributed by atoms with van der Waals surface area (Å²) < 4.78 is 26.6. The van der Waals surface area contributed by atoms with E-state index < -0.39 is 10.0 Å². The Labute approximate surface area is 121 Å². The fourth-order valence-electron chi connectivity index (χ4n) is 2.68. The molecule has 1 aliphatic rings. The minimum atomic E-state index is -3.38. The van der Waals surface area contributed by atoms with Gasteiger partial charge in [0.2, 0.25) is 10.0 Å². The van der Waals surface area contributed by atoms with E-state index in [0.717, 1.165) is 12.8 Å². The minimum Gasteiger partial charge on any atom is -0.373 e. The average Bonchev–Trinajstić information content (AvgIpc) is 2.48. The van der Waals surface area contributed by atoms with Crippen LogP contribution in [0.2, 0.25) is 0 Å². The normalized spacial score (nSPS) is 18.1. The highest BCUT2D eigenvalue weighted by Crippen LogP contribution is 2.26. The SMILES string of the molecule is CCCC1CCN(S(=O)(=O)c2ccc(NC)nc2)CC1. The molecule has 5 nitrogen and oxygen atoms in total. The summed E-state index contributed by atoms with van der Waals surface area (Å²) in [5.41, 5.74) is 0. The molecule has 1 fully saturated rings. The molecule has 1 aliphatic heterocycles. The zero-order valence-electron chi connectivity index (χ0n) is 12.2. The van der Waals surface area contributed by atoms with E-state index >= 15 is 0 Å². The van der Waals surface area contributed by atoms with Crippen LogP contribution in [0, 0.1) is 5.92 Å². The summed E-state index contributed by atoms with van der Waals surface area (Å²) in [6, 6.07) is 3.31. The number of pyridine rings is 1. The van der Waals surface area contributed by atoms with Crippen LogP contribution in [0.4, 0.5) is 5.82 Å². The van der Waals surface area contributed by atoms with Crippen LogP contribution in [0.1, 0.15) is 32.6 Å². The molecule has 0 spiro atoms. The standard InChI is InChI=1S/C14H23N3O2S/c1-3-4-12-7-9-17(10-8-12)20(18,19)13-5-6-14(15-2)16-11-13/h5-6,11-12H,3-4,7-10H2,1-2H3,(H,15,16). The number of nitrogens with one attached hydrogen (secondary N) is 1. The smallest absolute Gasteiger partial charge is 0.244 e. The Morgan fingerprint density at radius 2 is 2.05 bits per heavy atom. The lowest BCUT2D eigenvalue weighted by Crippen LogP contribution is -2.38. The maximum absolute atomic E-state index is 12.5. The zero-order chi connectivity index (χ0) is 14.6. The second-order valence-corrected chi connectivity index (χ2v) is 7.20. The van der Waals surface area contributed by atoms with Gasteiger partial charge in [0.15, 0.2) is 0 Å². The number of aromatic nitrogens is 1. The topological polar surface area (TPSA) is 62.3 Å². The van der Waals surface area contributed by atoms with Gasteiger partial charge in [-0.3, -0.25) is 0 Å². The summed E-state index contributed by atoms with van der Waals surface area (Å²) in [7, 11) is -1.62. The van der Waals surface area contributed by atoms with E-state index in [1.54, 1.807) is 23.5 Å². The van der Waals surface area contributed by atoms with Crippen molar-refractivity contribution >= 4 is 15.8 Å². The van der Waals surface area contributed by atoms with Crippen LogP contribution in [0.3, 0.4) is 0 Å². The van der Waals surface area contributed by atoms with E-state index in [2.05, 4.69) is 17.2 Å². The summed E-state index contributed by atoms with van der Waals surface area (Å²) in [6.45, 7) is 3.43. The van der Waals surface area contributed by atoms with Gasteiger partial charge in [0, 0.05) is 26.3 Å². The van der Waals surface area contributed by atoms with Gasteiger partial charge in [-0.05, 0) is 30.9 Å². The number of hydrogen-bond acceptors (Lipinski definition) is 4. The monoisotopic (exact) mass is 297 g/mol. The van der Waals surface area contributed by atoms with Crippen LogP contribution < -0.4 is 5.32 Å². The van der Waals surface area contributed by atoms with Gasteiger partial charge >= 0.3 is 0 Å². The maximum Gasteiger partial charge on any atom is 0.244 e. The molecule has 112 valence electrons. The van der Waals surface area contributed by atoms with Crippen molar-refractivity contribution in [3.63, 3.8) is 0 Å². The molecule has 1 aromatic rings. The lowest BCUT2D eigenvalue weighted by molar-refractivity contribution is 0.262. The van der Waals surface area contributed by atoms with Crippen molar-refractivity contribution in [2.75, 3.05) is 25.5 Å². The van der Waals surface area contributed by atoms with Crippen molar-refractivity contribution in [3.8, 4) is 0 Å². The molecule has 0 atom stereocenters. The van der Waals surface area contributed by atoms with E-state index in [1.807, 2.05) is 0 Å². The lowest BCUT2D eigenvalue weighted by Gasteiger charge is -2.31. The minimum absolute atomic E-state index is 0.283. The molecule has 0 saturated carbocycles. The van der Waals surface area contributed by atoms with E-state index in [4.69, 9.17) is 0 Å². The highest BCUT2D eigenvalue weighted by atomic mass is 32.2. The molecule has 6 heteroatoms. The fraction of sp³-hybridized carbons (Fsp3) is 0.643. The molecule has 0 aromatic carbocycles. The molecule has 2 rings (SSSR count). The van der Waals surface area contributed by atoms with Gasteiger partial charge in [0.05, 0.1) is 0 Å². The van der Waals surface area contributed by atoms with Crippen molar-refractivity contribution in [2.45, 2.75) is 37.5 Å². The average molecular weight is 297 g/mol. The van der Waals surface area contributed by atoms with Gasteiger partial charge in [-0.2, -0.15) is 4.31 Å². The van der Waals surface area contributed by atoms with Crippen LogP contribution in [0.5, 0.6) is 0 Å². The van der Waals surface area contributed by atoms with Crippen LogP contribution in [0.15, 0.2) is 23.2 Å². The number of rotatable bonds is 5. The largest absolute Gasteiger partial charge is 0.373 e. The molecule has 1 saturated heterocycles. The molecular formula is C14H23N3O2S. The first-order valence-corrected chi connectivity index (χ1v) is 8.66. The highest BCUT2D eigenvalue weighted by molar-refractivity contribution is 7.89. The summed E-state index contributed by atoms with van der Waals surface area (Å²) in [4.78, 5) is 4.37. The van der Waals surface area contributed by atoms with Gasteiger partial charge in [-0.25, -0.2) is 13.4 Å². The molecule has 0 amide bonds. The molecule has 2 heterocycles. The Morgan fingerprint density at radius 3 is 2.55 bits per heavy atom.